The van der Waals surface area contributed by atoms with Crippen LogP contribution in [0.15, 0.2) is 48.5 Å². The summed E-state index contributed by atoms with van der Waals surface area (Å²) >= 11 is 0. The van der Waals surface area contributed by atoms with E-state index in [4.69, 9.17) is 9.47 Å². The highest BCUT2D eigenvalue weighted by molar-refractivity contribution is 5.65. The number of halogens is 7. The minimum atomic E-state index is -4.36. The maximum atomic E-state index is 15.2. The van der Waals surface area contributed by atoms with Crippen LogP contribution in [0.4, 0.5) is 30.7 Å². The van der Waals surface area contributed by atoms with Gasteiger partial charge in [0.15, 0.2) is 23.7 Å². The molecule has 5 rings (SSSR count). The predicted molar refractivity (Wildman–Crippen MR) is 151 cm³/mol. The summed E-state index contributed by atoms with van der Waals surface area (Å²) in [5, 5.41) is 0. The Labute approximate surface area is 252 Å². The normalized spacial score (nSPS) is 22.6. The smallest absolute Gasteiger partial charge is 0.429 e. The maximum Gasteiger partial charge on any atom is 0.429 e. The summed E-state index contributed by atoms with van der Waals surface area (Å²) in [4.78, 5) is 0. The van der Waals surface area contributed by atoms with Crippen molar-refractivity contribution < 1.29 is 44.9 Å². The van der Waals surface area contributed by atoms with E-state index in [2.05, 4.69) is 11.7 Å². The van der Waals surface area contributed by atoms with E-state index in [0.717, 1.165) is 63.0 Å². The van der Waals surface area contributed by atoms with Gasteiger partial charge in [0.1, 0.15) is 17.4 Å². The second kappa shape index (κ2) is 13.9. The van der Waals surface area contributed by atoms with Gasteiger partial charge in [0.05, 0.1) is 18.8 Å². The summed E-state index contributed by atoms with van der Waals surface area (Å²) in [5.41, 5.74) is -0.384. The van der Waals surface area contributed by atoms with Crippen LogP contribution in [-0.4, -0.2) is 19.5 Å². The quantitative estimate of drug-likeness (QED) is 0.128. The van der Waals surface area contributed by atoms with Gasteiger partial charge in [-0.25, -0.2) is 22.0 Å². The first-order valence-corrected chi connectivity index (χ1v) is 15.1. The molecule has 3 nitrogen and oxygen atoms in total. The SMILES string of the molecule is CCCCCC1COC(C2CCC(c3ccc(-c4ccc(C(F)(F)Oc5cc(F)c(F)c(F)c5)c(F)c4)c(F)c3)CC2)OC1. The molecule has 3 aromatic rings. The molecule has 1 saturated heterocycles. The fourth-order valence-corrected chi connectivity index (χ4v) is 6.14. The first kappa shape index (κ1) is 32.3. The van der Waals surface area contributed by atoms with Gasteiger partial charge >= 0.3 is 6.11 Å². The first-order chi connectivity index (χ1) is 21.1. The van der Waals surface area contributed by atoms with Gasteiger partial charge < -0.3 is 14.2 Å². The lowest BCUT2D eigenvalue weighted by molar-refractivity contribution is -0.229. The fraction of sp³-hybridized carbons (Fsp3) is 0.471. The Bertz CT molecular complexity index is 1410. The van der Waals surface area contributed by atoms with Gasteiger partial charge in [-0.05, 0) is 67.3 Å². The van der Waals surface area contributed by atoms with E-state index in [1.54, 1.807) is 6.07 Å². The van der Waals surface area contributed by atoms with E-state index in [0.29, 0.717) is 12.0 Å². The number of unbranched alkanes of at least 4 members (excludes halogenated alkanes) is 2. The largest absolute Gasteiger partial charge is 0.429 e. The van der Waals surface area contributed by atoms with E-state index in [1.807, 2.05) is 0 Å². The molecule has 0 unspecified atom stereocenters. The van der Waals surface area contributed by atoms with Gasteiger partial charge in [-0.15, -0.1) is 0 Å². The van der Waals surface area contributed by atoms with Gasteiger partial charge in [0.2, 0.25) is 0 Å². The van der Waals surface area contributed by atoms with Crippen LogP contribution in [0.1, 0.15) is 75.3 Å². The Hall–Kier alpha value is -3.11. The molecule has 0 atom stereocenters. The van der Waals surface area contributed by atoms with Crippen molar-refractivity contribution in [2.75, 3.05) is 13.2 Å². The predicted octanol–water partition coefficient (Wildman–Crippen LogP) is 10.0. The lowest BCUT2D eigenvalue weighted by atomic mass is 9.78. The number of benzene rings is 3. The lowest BCUT2D eigenvalue weighted by Crippen LogP contribution is -2.38. The maximum absolute atomic E-state index is 15.2. The summed E-state index contributed by atoms with van der Waals surface area (Å²) in [6, 6.07) is 7.65. The van der Waals surface area contributed by atoms with Crippen LogP contribution in [0.25, 0.3) is 11.1 Å². The molecular formula is C34H35F7O3. The van der Waals surface area contributed by atoms with Crippen molar-refractivity contribution >= 4 is 0 Å². The van der Waals surface area contributed by atoms with Crippen molar-refractivity contribution in [3.05, 3.63) is 88.7 Å². The topological polar surface area (TPSA) is 27.7 Å². The molecule has 1 saturated carbocycles. The molecule has 1 aliphatic carbocycles. The third-order valence-electron chi connectivity index (χ3n) is 8.63. The van der Waals surface area contributed by atoms with E-state index in [1.165, 1.54) is 31.4 Å². The van der Waals surface area contributed by atoms with Crippen molar-refractivity contribution in [3.63, 3.8) is 0 Å². The van der Waals surface area contributed by atoms with Crippen molar-refractivity contribution in [1.29, 1.82) is 0 Å². The molecule has 0 aromatic heterocycles. The highest BCUT2D eigenvalue weighted by Gasteiger charge is 2.38. The van der Waals surface area contributed by atoms with Gasteiger partial charge in [0, 0.05) is 29.5 Å². The monoisotopic (exact) mass is 624 g/mol. The molecule has 3 aromatic carbocycles. The molecule has 0 amide bonds. The van der Waals surface area contributed by atoms with Crippen LogP contribution in [0.2, 0.25) is 0 Å². The molecule has 10 heteroatoms. The highest BCUT2D eigenvalue weighted by atomic mass is 19.3. The lowest BCUT2D eigenvalue weighted by Gasteiger charge is -2.37. The highest BCUT2D eigenvalue weighted by Crippen LogP contribution is 2.41. The van der Waals surface area contributed by atoms with Crippen molar-refractivity contribution in [2.24, 2.45) is 11.8 Å². The van der Waals surface area contributed by atoms with Crippen molar-refractivity contribution in [2.45, 2.75) is 76.6 Å². The second-order valence-electron chi connectivity index (χ2n) is 11.8. The van der Waals surface area contributed by atoms with Crippen LogP contribution in [0.5, 0.6) is 5.75 Å². The molecule has 2 fully saturated rings. The molecular weight excluding hydrogens is 589 g/mol. The fourth-order valence-electron chi connectivity index (χ4n) is 6.14. The Kier molecular flexibility index (Phi) is 10.2. The van der Waals surface area contributed by atoms with Crippen LogP contribution in [0, 0.1) is 40.9 Å². The number of alkyl halides is 2. The van der Waals surface area contributed by atoms with Crippen LogP contribution >= 0.6 is 0 Å². The zero-order valence-corrected chi connectivity index (χ0v) is 24.4. The average molecular weight is 625 g/mol. The van der Waals surface area contributed by atoms with Crippen molar-refractivity contribution in [3.8, 4) is 16.9 Å². The third kappa shape index (κ3) is 7.40. The van der Waals surface area contributed by atoms with Crippen molar-refractivity contribution in [1.82, 2.24) is 0 Å². The Morgan fingerprint density at radius 2 is 1.45 bits per heavy atom. The van der Waals surface area contributed by atoms with Crippen LogP contribution in [0.3, 0.4) is 0 Å². The molecule has 1 heterocycles. The van der Waals surface area contributed by atoms with Gasteiger partial charge in [0.25, 0.3) is 0 Å². The van der Waals surface area contributed by atoms with Gasteiger partial charge in [-0.1, -0.05) is 44.4 Å². The summed E-state index contributed by atoms with van der Waals surface area (Å²) in [5.74, 6) is -7.53. The summed E-state index contributed by atoms with van der Waals surface area (Å²) < 4.78 is 116. The third-order valence-corrected chi connectivity index (χ3v) is 8.63. The summed E-state index contributed by atoms with van der Waals surface area (Å²) in [6.45, 7) is 3.63. The minimum Gasteiger partial charge on any atom is -0.429 e. The Morgan fingerprint density at radius 3 is 2.07 bits per heavy atom. The number of hydrogen-bond donors (Lipinski definition) is 0. The van der Waals surface area contributed by atoms with Gasteiger partial charge in [-0.3, -0.25) is 0 Å². The second-order valence-corrected chi connectivity index (χ2v) is 11.8. The minimum absolute atomic E-state index is 0.0215. The molecule has 0 spiro atoms. The summed E-state index contributed by atoms with van der Waals surface area (Å²) in [7, 11) is 0. The number of rotatable bonds is 10. The van der Waals surface area contributed by atoms with Gasteiger partial charge in [-0.2, -0.15) is 8.78 Å². The van der Waals surface area contributed by atoms with Crippen LogP contribution < -0.4 is 4.74 Å². The Balaban J connectivity index is 1.19. The zero-order chi connectivity index (χ0) is 31.4. The summed E-state index contributed by atoms with van der Waals surface area (Å²) in [6.07, 6.45) is 3.61. The standard InChI is InChI=1S/C34H35F7O3/c1-2-3-4-5-20-18-42-33(43-19-20)22-8-6-21(7-9-22)23-10-12-26(28(35)14-23)24-11-13-27(29(36)15-24)34(40,41)44-25-16-30(37)32(39)31(38)17-25/h10-17,20-22,33H,2-9,18-19H2,1H3. The average Bonchev–Trinajstić information content (AvgIpc) is 3.00. The van der Waals surface area contributed by atoms with E-state index in [-0.39, 0.29) is 41.4 Å². The van der Waals surface area contributed by atoms with E-state index >= 15 is 4.39 Å². The molecule has 238 valence electrons. The molecule has 0 N–H and O–H groups in total. The molecule has 1 aliphatic heterocycles. The van der Waals surface area contributed by atoms with E-state index < -0.39 is 46.5 Å². The molecule has 0 bridgehead atoms. The molecule has 2 aliphatic rings. The molecule has 44 heavy (non-hydrogen) atoms. The van der Waals surface area contributed by atoms with E-state index in [9.17, 15) is 26.3 Å². The first-order valence-electron chi connectivity index (χ1n) is 15.1. The molecule has 0 radical (unpaired) electrons. The Morgan fingerprint density at radius 1 is 0.773 bits per heavy atom. The zero-order valence-electron chi connectivity index (χ0n) is 24.4. The number of hydrogen-bond acceptors (Lipinski definition) is 3. The van der Waals surface area contributed by atoms with Crippen LogP contribution in [-0.2, 0) is 15.6 Å². The number of ether oxygens (including phenoxy) is 3.